The first-order valence-corrected chi connectivity index (χ1v) is 12.8. The summed E-state index contributed by atoms with van der Waals surface area (Å²) in [6, 6.07) is 18.3. The van der Waals surface area contributed by atoms with Crippen molar-refractivity contribution < 1.29 is 17.9 Å². The number of aromatic nitrogens is 2. The number of carbonyl (C=O) groups excluding carboxylic acids is 1. The smallest absolute Gasteiger partial charge is 0.255 e. The van der Waals surface area contributed by atoms with E-state index in [1.807, 2.05) is 49.4 Å². The molecule has 3 aromatic carbocycles. The van der Waals surface area contributed by atoms with Crippen molar-refractivity contribution in [3.63, 3.8) is 0 Å². The van der Waals surface area contributed by atoms with E-state index in [4.69, 9.17) is 4.74 Å². The summed E-state index contributed by atoms with van der Waals surface area (Å²) in [5, 5.41) is 3.90. The number of nitrogens with one attached hydrogen (secondary N) is 1. The van der Waals surface area contributed by atoms with Crippen molar-refractivity contribution in [3.8, 4) is 11.4 Å². The highest BCUT2D eigenvalue weighted by atomic mass is 32.2. The second-order valence-electron chi connectivity index (χ2n) is 8.44. The summed E-state index contributed by atoms with van der Waals surface area (Å²) in [4.78, 5) is 22.2. The van der Waals surface area contributed by atoms with Crippen LogP contribution in [0.2, 0.25) is 0 Å². The van der Waals surface area contributed by atoms with Crippen LogP contribution in [-0.2, 0) is 14.8 Å². The molecule has 0 atom stereocenters. The lowest BCUT2D eigenvalue weighted by atomic mass is 10.1. The third-order valence-electron chi connectivity index (χ3n) is 6.00. The zero-order chi connectivity index (χ0) is 24.6. The Morgan fingerprint density at radius 1 is 1.03 bits per heavy atom. The largest absolute Gasteiger partial charge is 0.359 e. The van der Waals surface area contributed by atoms with Crippen molar-refractivity contribution in [1.82, 2.24) is 9.97 Å². The highest BCUT2D eigenvalue weighted by molar-refractivity contribution is 7.92. The summed E-state index contributed by atoms with van der Waals surface area (Å²) in [7, 11) is -3.43. The number of nitrogens with zero attached hydrogens (tertiary/aromatic N) is 3. The Hall–Kier alpha value is -3.82. The minimum Gasteiger partial charge on any atom is -0.359 e. The van der Waals surface area contributed by atoms with Gasteiger partial charge in [-0.25, -0.2) is 22.7 Å². The number of sulfonamides is 1. The SMILES string of the molecule is Cc1cc(N2COCCS2(=O)=O)ccc1C(=O)Nc1ccc(C)c(-c2ncc3ccccc3n2)c1. The topological polar surface area (TPSA) is 101 Å². The van der Waals surface area contributed by atoms with Crippen molar-refractivity contribution in [2.45, 2.75) is 13.8 Å². The summed E-state index contributed by atoms with van der Waals surface area (Å²) < 4.78 is 31.2. The molecule has 1 amide bonds. The molecule has 9 heteroatoms. The van der Waals surface area contributed by atoms with Gasteiger partial charge in [-0.2, -0.15) is 0 Å². The van der Waals surface area contributed by atoms with Crippen molar-refractivity contribution in [2.75, 3.05) is 28.7 Å². The normalized spacial score (nSPS) is 15.2. The molecule has 1 aliphatic rings. The number of benzene rings is 3. The number of hydrogen-bond acceptors (Lipinski definition) is 6. The van der Waals surface area contributed by atoms with E-state index in [9.17, 15) is 13.2 Å². The van der Waals surface area contributed by atoms with E-state index in [0.29, 0.717) is 28.3 Å². The molecule has 0 aliphatic carbocycles. The van der Waals surface area contributed by atoms with E-state index in [1.54, 1.807) is 31.3 Å². The van der Waals surface area contributed by atoms with E-state index in [-0.39, 0.29) is 25.0 Å². The predicted molar refractivity (Wildman–Crippen MR) is 136 cm³/mol. The molecule has 0 radical (unpaired) electrons. The fourth-order valence-electron chi connectivity index (χ4n) is 4.04. The Labute approximate surface area is 203 Å². The number of para-hydroxylation sites is 1. The average molecular weight is 489 g/mol. The van der Waals surface area contributed by atoms with Gasteiger partial charge >= 0.3 is 0 Å². The van der Waals surface area contributed by atoms with Gasteiger partial charge < -0.3 is 10.1 Å². The monoisotopic (exact) mass is 488 g/mol. The average Bonchev–Trinajstić information content (AvgIpc) is 2.84. The molecule has 1 aromatic heterocycles. The van der Waals surface area contributed by atoms with Gasteiger partial charge in [0.2, 0.25) is 10.0 Å². The molecule has 1 aliphatic heterocycles. The number of carbonyl (C=O) groups is 1. The summed E-state index contributed by atoms with van der Waals surface area (Å²) in [5.41, 5.74) is 4.87. The van der Waals surface area contributed by atoms with Crippen LogP contribution in [0.4, 0.5) is 11.4 Å². The van der Waals surface area contributed by atoms with Gasteiger partial charge in [-0.3, -0.25) is 4.79 Å². The molecule has 1 fully saturated rings. The lowest BCUT2D eigenvalue weighted by Gasteiger charge is -2.28. The maximum absolute atomic E-state index is 13.1. The number of amides is 1. The lowest BCUT2D eigenvalue weighted by molar-refractivity contribution is 0.102. The predicted octanol–water partition coefficient (Wildman–Crippen LogP) is 4.29. The molecule has 0 spiro atoms. The number of ether oxygens (including phenoxy) is 1. The Morgan fingerprint density at radius 2 is 1.86 bits per heavy atom. The minimum atomic E-state index is -3.43. The van der Waals surface area contributed by atoms with Gasteiger partial charge in [-0.15, -0.1) is 0 Å². The highest BCUT2D eigenvalue weighted by Crippen LogP contribution is 2.27. The fourth-order valence-corrected chi connectivity index (χ4v) is 5.25. The van der Waals surface area contributed by atoms with Crippen molar-refractivity contribution in [1.29, 1.82) is 0 Å². The lowest BCUT2D eigenvalue weighted by Crippen LogP contribution is -2.41. The molecule has 8 nitrogen and oxygen atoms in total. The standard InChI is InChI=1S/C26H24N4O4S/c1-17-7-8-20(14-23(17)25-27-15-19-5-3-4-6-24(19)29-25)28-26(31)22-10-9-21(13-18(22)2)30-16-34-11-12-35(30,32)33/h3-10,13-15H,11-12,16H2,1-2H3,(H,28,31). The molecule has 178 valence electrons. The minimum absolute atomic E-state index is 0.0314. The van der Waals surface area contributed by atoms with Crippen LogP contribution < -0.4 is 9.62 Å². The summed E-state index contributed by atoms with van der Waals surface area (Å²) in [6.07, 6.45) is 1.79. The van der Waals surface area contributed by atoms with Crippen LogP contribution in [0.5, 0.6) is 0 Å². The fraction of sp³-hybridized carbons (Fsp3) is 0.192. The Morgan fingerprint density at radius 3 is 2.66 bits per heavy atom. The Kier molecular flexibility index (Phi) is 5.96. The number of hydrogen-bond donors (Lipinski definition) is 1. The maximum Gasteiger partial charge on any atom is 0.255 e. The van der Waals surface area contributed by atoms with Gasteiger partial charge in [-0.05, 0) is 61.4 Å². The van der Waals surface area contributed by atoms with Crippen LogP contribution in [0.25, 0.3) is 22.3 Å². The quantitative estimate of drug-likeness (QED) is 0.460. The van der Waals surface area contributed by atoms with Gasteiger partial charge in [0.05, 0.1) is 23.6 Å². The first-order valence-electron chi connectivity index (χ1n) is 11.1. The van der Waals surface area contributed by atoms with Crippen LogP contribution in [0.1, 0.15) is 21.5 Å². The molecular weight excluding hydrogens is 464 g/mol. The summed E-state index contributed by atoms with van der Waals surface area (Å²) >= 11 is 0. The number of aryl methyl sites for hydroxylation is 2. The molecule has 5 rings (SSSR count). The molecule has 35 heavy (non-hydrogen) atoms. The van der Waals surface area contributed by atoms with E-state index in [2.05, 4.69) is 15.3 Å². The van der Waals surface area contributed by atoms with Gasteiger partial charge in [-0.1, -0.05) is 24.3 Å². The molecule has 2 heterocycles. The molecule has 4 aromatic rings. The first-order chi connectivity index (χ1) is 16.8. The van der Waals surface area contributed by atoms with Crippen LogP contribution in [-0.4, -0.2) is 43.4 Å². The first kappa shape index (κ1) is 22.9. The second kappa shape index (κ2) is 9.09. The van der Waals surface area contributed by atoms with E-state index >= 15 is 0 Å². The molecule has 0 unspecified atom stereocenters. The second-order valence-corrected chi connectivity index (χ2v) is 10.5. The number of fused-ring (bicyclic) bond motifs is 1. The third-order valence-corrected chi connectivity index (χ3v) is 7.67. The zero-order valence-electron chi connectivity index (χ0n) is 19.4. The van der Waals surface area contributed by atoms with Crippen molar-refractivity contribution >= 4 is 38.2 Å². The molecular formula is C26H24N4O4S. The molecule has 0 bridgehead atoms. The van der Waals surface area contributed by atoms with Crippen LogP contribution >= 0.6 is 0 Å². The van der Waals surface area contributed by atoms with Crippen molar-refractivity contribution in [3.05, 3.63) is 83.6 Å². The highest BCUT2D eigenvalue weighted by Gasteiger charge is 2.27. The van der Waals surface area contributed by atoms with Crippen molar-refractivity contribution in [2.24, 2.45) is 0 Å². The number of anilines is 2. The Balaban J connectivity index is 1.40. The van der Waals surface area contributed by atoms with Crippen LogP contribution in [0.3, 0.4) is 0 Å². The van der Waals surface area contributed by atoms with E-state index in [1.165, 1.54) is 4.31 Å². The Bertz CT molecular complexity index is 1550. The molecule has 1 saturated heterocycles. The van der Waals surface area contributed by atoms with E-state index < -0.39 is 10.0 Å². The van der Waals surface area contributed by atoms with Crippen LogP contribution in [0, 0.1) is 13.8 Å². The zero-order valence-corrected chi connectivity index (χ0v) is 20.2. The van der Waals surface area contributed by atoms with Gasteiger partial charge in [0.1, 0.15) is 6.73 Å². The third kappa shape index (κ3) is 4.60. The summed E-state index contributed by atoms with van der Waals surface area (Å²) in [5.74, 6) is 0.231. The maximum atomic E-state index is 13.1. The van der Waals surface area contributed by atoms with E-state index in [0.717, 1.165) is 22.0 Å². The van der Waals surface area contributed by atoms with Gasteiger partial charge in [0.25, 0.3) is 5.91 Å². The van der Waals surface area contributed by atoms with Gasteiger partial charge in [0, 0.05) is 28.4 Å². The number of rotatable bonds is 4. The summed E-state index contributed by atoms with van der Waals surface area (Å²) in [6.45, 7) is 3.90. The van der Waals surface area contributed by atoms with Gasteiger partial charge in [0.15, 0.2) is 5.82 Å². The molecule has 1 N–H and O–H groups in total. The van der Waals surface area contributed by atoms with Crippen LogP contribution in [0.15, 0.2) is 66.9 Å². The molecule has 0 saturated carbocycles.